The molecule has 2 amide bonds. The Bertz CT molecular complexity index is 948. The van der Waals surface area contributed by atoms with Gasteiger partial charge in [-0.25, -0.2) is 4.98 Å². The van der Waals surface area contributed by atoms with Gasteiger partial charge in [0.2, 0.25) is 0 Å². The predicted molar refractivity (Wildman–Crippen MR) is 86.3 cm³/mol. The van der Waals surface area contributed by atoms with Gasteiger partial charge in [0.25, 0.3) is 11.8 Å². The molecule has 0 unspecified atom stereocenters. The van der Waals surface area contributed by atoms with Crippen molar-refractivity contribution in [1.29, 1.82) is 0 Å². The summed E-state index contributed by atoms with van der Waals surface area (Å²) in [5.41, 5.74) is 6.34. The van der Waals surface area contributed by atoms with E-state index in [1.54, 1.807) is 29.9 Å². The second-order valence-corrected chi connectivity index (χ2v) is 5.23. The number of nitrogens with one attached hydrogen (secondary N) is 2. The van der Waals surface area contributed by atoms with Crippen LogP contribution in [0.2, 0.25) is 0 Å². The van der Waals surface area contributed by atoms with Gasteiger partial charge in [-0.1, -0.05) is 12.1 Å². The minimum atomic E-state index is -0.618. The molecule has 0 bridgehead atoms. The Labute approximate surface area is 137 Å². The highest BCUT2D eigenvalue weighted by Crippen LogP contribution is 2.17. The van der Waals surface area contributed by atoms with Gasteiger partial charge in [0.1, 0.15) is 5.75 Å². The van der Waals surface area contributed by atoms with Gasteiger partial charge in [-0.2, -0.15) is 5.10 Å². The number of para-hydroxylation sites is 1. The van der Waals surface area contributed by atoms with Crippen molar-refractivity contribution >= 4 is 22.8 Å². The summed E-state index contributed by atoms with van der Waals surface area (Å²) in [5.74, 6) is -1.30. The van der Waals surface area contributed by atoms with Gasteiger partial charge >= 0.3 is 0 Å². The van der Waals surface area contributed by atoms with Crippen LogP contribution in [-0.2, 0) is 7.05 Å². The zero-order valence-corrected chi connectivity index (χ0v) is 13.1. The van der Waals surface area contributed by atoms with Crippen LogP contribution in [0, 0.1) is 6.92 Å². The SMILES string of the molecule is Cc1nn(C)c2ncc(C(=O)NNC(=O)c3ccccc3O)cc12. The lowest BCUT2D eigenvalue weighted by Gasteiger charge is -2.08. The van der Waals surface area contributed by atoms with Gasteiger partial charge in [-0.15, -0.1) is 0 Å². The fraction of sp³-hybridized carbons (Fsp3) is 0.125. The zero-order chi connectivity index (χ0) is 17.3. The number of rotatable bonds is 2. The van der Waals surface area contributed by atoms with Crippen molar-refractivity contribution in [2.75, 3.05) is 0 Å². The number of phenols is 1. The van der Waals surface area contributed by atoms with Crippen LogP contribution in [0.25, 0.3) is 11.0 Å². The number of carbonyl (C=O) groups is 2. The van der Waals surface area contributed by atoms with Crippen LogP contribution in [0.1, 0.15) is 26.4 Å². The molecule has 0 fully saturated rings. The van der Waals surface area contributed by atoms with E-state index in [-0.39, 0.29) is 16.9 Å². The molecule has 0 aliphatic rings. The molecular weight excluding hydrogens is 310 g/mol. The Hall–Kier alpha value is -3.42. The number of aryl methyl sites for hydroxylation is 2. The minimum Gasteiger partial charge on any atom is -0.507 e. The molecule has 0 spiro atoms. The first-order valence-corrected chi connectivity index (χ1v) is 7.15. The smallest absolute Gasteiger partial charge is 0.273 e. The molecule has 3 N–H and O–H groups in total. The molecular formula is C16H15N5O3. The number of hydrogen-bond donors (Lipinski definition) is 3. The fourth-order valence-electron chi connectivity index (χ4n) is 2.35. The van der Waals surface area contributed by atoms with E-state index in [0.29, 0.717) is 5.65 Å². The third kappa shape index (κ3) is 2.76. The van der Waals surface area contributed by atoms with Crippen molar-refractivity contribution in [2.45, 2.75) is 6.92 Å². The summed E-state index contributed by atoms with van der Waals surface area (Å²) < 4.78 is 1.63. The minimum absolute atomic E-state index is 0.0643. The lowest BCUT2D eigenvalue weighted by molar-refractivity contribution is 0.0845. The molecule has 8 heteroatoms. The maximum atomic E-state index is 12.2. The van der Waals surface area contributed by atoms with Gasteiger partial charge in [0.05, 0.1) is 16.8 Å². The van der Waals surface area contributed by atoms with Crippen LogP contribution in [0.5, 0.6) is 5.75 Å². The Morgan fingerprint density at radius 3 is 2.62 bits per heavy atom. The predicted octanol–water partition coefficient (Wildman–Crippen LogP) is 1.06. The van der Waals surface area contributed by atoms with Crippen LogP contribution in [0.3, 0.4) is 0 Å². The third-order valence-electron chi connectivity index (χ3n) is 3.56. The molecule has 0 aliphatic carbocycles. The molecule has 2 heterocycles. The molecule has 0 saturated heterocycles. The van der Waals surface area contributed by atoms with Gasteiger partial charge in [-0.05, 0) is 25.1 Å². The number of amides is 2. The first kappa shape index (κ1) is 15.5. The maximum absolute atomic E-state index is 12.2. The maximum Gasteiger partial charge on any atom is 0.273 e. The number of hydrazine groups is 1. The fourth-order valence-corrected chi connectivity index (χ4v) is 2.35. The van der Waals surface area contributed by atoms with Crippen molar-refractivity contribution < 1.29 is 14.7 Å². The van der Waals surface area contributed by atoms with E-state index < -0.39 is 11.8 Å². The molecule has 0 saturated carbocycles. The average Bonchev–Trinajstić information content (AvgIpc) is 2.86. The Kier molecular flexibility index (Phi) is 3.87. The highest BCUT2D eigenvalue weighted by molar-refractivity contribution is 6.01. The first-order valence-electron chi connectivity index (χ1n) is 7.15. The van der Waals surface area contributed by atoms with Gasteiger partial charge in [0, 0.05) is 18.6 Å². The number of carbonyl (C=O) groups excluding carboxylic acids is 2. The van der Waals surface area contributed by atoms with Crippen LogP contribution in [0.4, 0.5) is 0 Å². The second kappa shape index (κ2) is 5.99. The van der Waals surface area contributed by atoms with Gasteiger partial charge < -0.3 is 5.11 Å². The topological polar surface area (TPSA) is 109 Å². The normalized spacial score (nSPS) is 10.6. The van der Waals surface area contributed by atoms with E-state index in [1.165, 1.54) is 18.3 Å². The van der Waals surface area contributed by atoms with Crippen molar-refractivity contribution in [1.82, 2.24) is 25.6 Å². The van der Waals surface area contributed by atoms with Crippen molar-refractivity contribution in [3.8, 4) is 5.75 Å². The van der Waals surface area contributed by atoms with E-state index in [4.69, 9.17) is 0 Å². The van der Waals surface area contributed by atoms with Crippen LogP contribution < -0.4 is 10.9 Å². The molecule has 0 aliphatic heterocycles. The average molecular weight is 325 g/mol. The molecule has 122 valence electrons. The molecule has 0 radical (unpaired) electrons. The highest BCUT2D eigenvalue weighted by atomic mass is 16.3. The number of nitrogens with zero attached hydrogens (tertiary/aromatic N) is 3. The summed E-state index contributed by atoms with van der Waals surface area (Å²) >= 11 is 0. The van der Waals surface area contributed by atoms with Gasteiger partial charge in [-0.3, -0.25) is 25.1 Å². The standard InChI is InChI=1S/C16H15N5O3/c1-9-12-7-10(8-17-14(12)21(2)20-9)15(23)18-19-16(24)11-5-3-4-6-13(11)22/h3-8,22H,1-2H3,(H,18,23)(H,19,24). The quantitative estimate of drug-likeness (QED) is 0.610. The summed E-state index contributed by atoms with van der Waals surface area (Å²) in [6, 6.07) is 7.70. The van der Waals surface area contributed by atoms with Crippen LogP contribution >= 0.6 is 0 Å². The molecule has 3 rings (SSSR count). The summed E-state index contributed by atoms with van der Waals surface area (Å²) in [5, 5.41) is 14.6. The Morgan fingerprint density at radius 1 is 1.17 bits per heavy atom. The summed E-state index contributed by atoms with van der Waals surface area (Å²) in [6.45, 7) is 1.83. The number of pyridine rings is 1. The number of aromatic hydroxyl groups is 1. The van der Waals surface area contributed by atoms with Gasteiger partial charge in [0.15, 0.2) is 5.65 Å². The zero-order valence-electron chi connectivity index (χ0n) is 13.1. The number of hydrogen-bond acceptors (Lipinski definition) is 5. The largest absolute Gasteiger partial charge is 0.507 e. The molecule has 0 atom stereocenters. The van der Waals surface area contributed by atoms with E-state index in [0.717, 1.165) is 11.1 Å². The van der Waals surface area contributed by atoms with E-state index in [1.807, 2.05) is 6.92 Å². The highest BCUT2D eigenvalue weighted by Gasteiger charge is 2.14. The lowest BCUT2D eigenvalue weighted by atomic mass is 10.2. The Balaban J connectivity index is 1.74. The van der Waals surface area contributed by atoms with Crippen LogP contribution in [-0.4, -0.2) is 31.7 Å². The monoisotopic (exact) mass is 325 g/mol. The summed E-state index contributed by atoms with van der Waals surface area (Å²) in [6.07, 6.45) is 1.41. The van der Waals surface area contributed by atoms with Crippen molar-refractivity contribution in [3.63, 3.8) is 0 Å². The molecule has 24 heavy (non-hydrogen) atoms. The molecule has 3 aromatic rings. The summed E-state index contributed by atoms with van der Waals surface area (Å²) in [4.78, 5) is 28.3. The number of aromatic nitrogens is 3. The third-order valence-corrected chi connectivity index (χ3v) is 3.56. The molecule has 8 nitrogen and oxygen atoms in total. The van der Waals surface area contributed by atoms with E-state index in [2.05, 4.69) is 20.9 Å². The first-order chi connectivity index (χ1) is 11.5. The van der Waals surface area contributed by atoms with Crippen molar-refractivity contribution in [2.24, 2.45) is 7.05 Å². The van der Waals surface area contributed by atoms with E-state index in [9.17, 15) is 14.7 Å². The van der Waals surface area contributed by atoms with E-state index >= 15 is 0 Å². The number of phenolic OH excluding ortho intramolecular Hbond substituents is 1. The number of benzene rings is 1. The summed E-state index contributed by atoms with van der Waals surface area (Å²) in [7, 11) is 1.77. The second-order valence-electron chi connectivity index (χ2n) is 5.23. The molecule has 1 aromatic carbocycles. The number of fused-ring (bicyclic) bond motifs is 1. The van der Waals surface area contributed by atoms with Crippen LogP contribution in [0.15, 0.2) is 36.5 Å². The van der Waals surface area contributed by atoms with Crippen molar-refractivity contribution in [3.05, 3.63) is 53.3 Å². The Morgan fingerprint density at radius 2 is 1.88 bits per heavy atom. The lowest BCUT2D eigenvalue weighted by Crippen LogP contribution is -2.41. The molecule has 2 aromatic heterocycles.